The molecule has 0 saturated heterocycles. The van der Waals surface area contributed by atoms with Gasteiger partial charge in [0.15, 0.2) is 0 Å². The largest absolute Gasteiger partial charge is 1.00 e. The molecule has 1 aromatic heterocycles. The Kier molecular flexibility index (Phi) is 8.35. The fourth-order valence-electron chi connectivity index (χ4n) is 2.44. The predicted molar refractivity (Wildman–Crippen MR) is 78.8 cm³/mol. The molecule has 1 heterocycles. The monoisotopic (exact) mass is 405 g/mol. The summed E-state index contributed by atoms with van der Waals surface area (Å²) in [5.74, 6) is 0. The first-order chi connectivity index (χ1) is 8.39. The van der Waals surface area contributed by atoms with Crippen molar-refractivity contribution in [3.8, 4) is 0 Å². The van der Waals surface area contributed by atoms with Gasteiger partial charge in [0, 0.05) is 0 Å². The van der Waals surface area contributed by atoms with E-state index in [0.29, 0.717) is 0 Å². The van der Waals surface area contributed by atoms with Gasteiger partial charge in [0.2, 0.25) is 0 Å². The summed E-state index contributed by atoms with van der Waals surface area (Å²) in [6, 6.07) is 2.28. The van der Waals surface area contributed by atoms with Crippen LogP contribution >= 0.6 is 0 Å². The van der Waals surface area contributed by atoms with Crippen molar-refractivity contribution in [1.82, 2.24) is 4.98 Å². The van der Waals surface area contributed by atoms with E-state index in [2.05, 4.69) is 63.3 Å². The van der Waals surface area contributed by atoms with Crippen molar-refractivity contribution in [3.05, 3.63) is 38.5 Å². The third-order valence-electron chi connectivity index (χ3n) is 3.42. The molecule has 0 aromatic carbocycles. The van der Waals surface area contributed by atoms with E-state index in [9.17, 15) is 0 Å². The Balaban J connectivity index is 0.00000180. The molecule has 1 aliphatic carbocycles. The van der Waals surface area contributed by atoms with Crippen molar-refractivity contribution in [2.45, 2.75) is 45.7 Å². The molecule has 2 rings (SSSR count). The van der Waals surface area contributed by atoms with Crippen molar-refractivity contribution >= 4 is 12.2 Å². The molecule has 0 fully saturated rings. The molecule has 0 spiro atoms. The van der Waals surface area contributed by atoms with Crippen LogP contribution in [0.15, 0.2) is 32.9 Å². The van der Waals surface area contributed by atoms with Gasteiger partial charge >= 0.3 is 125 Å². The Hall–Kier alpha value is 0.440. The predicted octanol–water partition coefficient (Wildman–Crippen LogP) is -2.73. The molecular formula is C15H23Cl2NSiZr. The van der Waals surface area contributed by atoms with Crippen molar-refractivity contribution in [1.29, 1.82) is 0 Å². The first kappa shape index (κ1) is 20.4. The summed E-state index contributed by atoms with van der Waals surface area (Å²) >= 11 is -0.609. The van der Waals surface area contributed by atoms with E-state index in [4.69, 9.17) is 0 Å². The van der Waals surface area contributed by atoms with Crippen LogP contribution in [0.4, 0.5) is 0 Å². The van der Waals surface area contributed by atoms with Gasteiger partial charge in [-0.25, -0.2) is 0 Å². The fraction of sp³-hybridized carbons (Fsp3) is 0.467. The molecule has 0 aliphatic heterocycles. The Morgan fingerprint density at radius 3 is 2.40 bits per heavy atom. The second-order valence-corrected chi connectivity index (χ2v) is 12.6. The number of hydrogen-bond acceptors (Lipinski definition) is 0. The van der Waals surface area contributed by atoms with Gasteiger partial charge in [-0.2, -0.15) is 0 Å². The van der Waals surface area contributed by atoms with Gasteiger partial charge in [0.25, 0.3) is 0 Å². The Labute approximate surface area is 148 Å². The third kappa shape index (κ3) is 4.73. The van der Waals surface area contributed by atoms with E-state index >= 15 is 0 Å². The molecule has 0 atom stereocenters. The average Bonchev–Trinajstić information content (AvgIpc) is 2.85. The number of aromatic nitrogens is 1. The summed E-state index contributed by atoms with van der Waals surface area (Å²) < 4.78 is 3.39. The van der Waals surface area contributed by atoms with Crippen molar-refractivity contribution in [2.75, 3.05) is 0 Å². The second kappa shape index (κ2) is 8.17. The number of hydrogen-bond donors (Lipinski definition) is 1. The van der Waals surface area contributed by atoms with Crippen LogP contribution in [0.25, 0.3) is 0 Å². The minimum atomic E-state index is -0.639. The summed E-state index contributed by atoms with van der Waals surface area (Å²) in [6.07, 6.45) is 8.15. The molecule has 0 amide bonds. The molecule has 20 heavy (non-hydrogen) atoms. The van der Waals surface area contributed by atoms with Crippen LogP contribution in [0, 0.1) is 0 Å². The molecule has 0 bridgehead atoms. The summed E-state index contributed by atoms with van der Waals surface area (Å²) in [7, 11) is -0.639. The van der Waals surface area contributed by atoms with Gasteiger partial charge in [-0.3, -0.25) is 0 Å². The molecule has 1 aromatic rings. The molecule has 1 nitrogen and oxygen atoms in total. The Morgan fingerprint density at radius 1 is 1.20 bits per heavy atom. The van der Waals surface area contributed by atoms with Crippen molar-refractivity contribution in [3.63, 3.8) is 0 Å². The van der Waals surface area contributed by atoms with Crippen LogP contribution in [-0.4, -0.2) is 13.8 Å². The summed E-state index contributed by atoms with van der Waals surface area (Å²) in [5.41, 5.74) is 1.82. The SMILES string of the molecule is C[SiH](C)C1=[C]([Zr+2][c]2[nH]ccc2C(C)(C)C)CC=C1.[Cl-].[Cl-]. The Bertz CT molecular complexity index is 498. The number of allylic oxidation sites excluding steroid dienone is 4. The van der Waals surface area contributed by atoms with Crippen LogP contribution < -0.4 is 28.2 Å². The normalized spacial score (nSPS) is 14.1. The number of aromatic amines is 1. The van der Waals surface area contributed by atoms with E-state index in [1.165, 1.54) is 6.42 Å². The molecule has 0 unspecified atom stereocenters. The topological polar surface area (TPSA) is 15.8 Å². The van der Waals surface area contributed by atoms with Gasteiger partial charge in [0.1, 0.15) is 0 Å². The van der Waals surface area contributed by atoms with Crippen LogP contribution in [0.1, 0.15) is 32.8 Å². The van der Waals surface area contributed by atoms with Crippen LogP contribution in [0.5, 0.6) is 0 Å². The zero-order chi connectivity index (χ0) is 13.3. The number of nitrogens with one attached hydrogen (secondary N) is 1. The van der Waals surface area contributed by atoms with E-state index in [0.717, 1.165) is 0 Å². The zero-order valence-corrected chi connectivity index (χ0v) is 18.0. The maximum Gasteiger partial charge on any atom is -1.00 e. The van der Waals surface area contributed by atoms with E-state index in [-0.39, 0.29) is 30.2 Å². The van der Waals surface area contributed by atoms with E-state index < -0.39 is 32.0 Å². The van der Waals surface area contributed by atoms with Gasteiger partial charge in [-0.1, -0.05) is 0 Å². The quantitative estimate of drug-likeness (QED) is 0.524. The fourth-order valence-corrected chi connectivity index (χ4v) is 10.0. The minimum Gasteiger partial charge on any atom is -1.00 e. The summed E-state index contributed by atoms with van der Waals surface area (Å²) in [4.78, 5) is 3.53. The Morgan fingerprint density at radius 2 is 1.85 bits per heavy atom. The molecular weight excluding hydrogens is 384 g/mol. The van der Waals surface area contributed by atoms with Gasteiger partial charge in [0.05, 0.1) is 0 Å². The van der Waals surface area contributed by atoms with Crippen molar-refractivity contribution < 1.29 is 48.0 Å². The second-order valence-electron chi connectivity index (χ2n) is 6.34. The number of H-pyrrole nitrogens is 1. The zero-order valence-electron chi connectivity index (χ0n) is 12.8. The third-order valence-corrected chi connectivity index (χ3v) is 9.50. The van der Waals surface area contributed by atoms with Gasteiger partial charge in [-0.05, 0) is 0 Å². The van der Waals surface area contributed by atoms with Crippen LogP contribution in [-0.2, 0) is 28.6 Å². The maximum atomic E-state index is 3.53. The first-order valence-electron chi connectivity index (χ1n) is 6.74. The average molecular weight is 408 g/mol. The van der Waals surface area contributed by atoms with Crippen LogP contribution in [0.2, 0.25) is 13.1 Å². The number of rotatable bonds is 3. The molecule has 1 aliphatic rings. The van der Waals surface area contributed by atoms with E-state index in [1.54, 1.807) is 14.2 Å². The van der Waals surface area contributed by atoms with Crippen molar-refractivity contribution in [2.24, 2.45) is 0 Å². The molecule has 5 heteroatoms. The molecule has 0 saturated carbocycles. The standard InChI is InChI=1S/C8H12N.C7H11Si.2ClH.Zr/c1-8(2,3)7-4-5-9-6-7;1-8(2)7-5-3-4-6-7;;;/h4-5,9H,1-3H3;3,5,8H,4H2,1-2H3;2*1H;/q;;;;+2/p-2. The maximum absolute atomic E-state index is 3.53. The van der Waals surface area contributed by atoms with Gasteiger partial charge < -0.3 is 24.8 Å². The first-order valence-corrected chi connectivity index (χ1v) is 12.1. The summed E-state index contributed by atoms with van der Waals surface area (Å²) in [6.45, 7) is 11.9. The number of halogens is 2. The molecule has 1 N–H and O–H groups in total. The van der Waals surface area contributed by atoms with E-state index in [1.807, 2.05) is 3.28 Å². The minimum absolute atomic E-state index is 0. The van der Waals surface area contributed by atoms with Crippen LogP contribution in [0.3, 0.4) is 0 Å². The smallest absolute Gasteiger partial charge is 1.00 e. The summed E-state index contributed by atoms with van der Waals surface area (Å²) in [5, 5.41) is 1.75. The van der Waals surface area contributed by atoms with Gasteiger partial charge in [-0.15, -0.1) is 0 Å². The molecule has 110 valence electrons. The molecule has 0 radical (unpaired) electrons.